The van der Waals surface area contributed by atoms with Gasteiger partial charge in [-0.2, -0.15) is 0 Å². The maximum Gasteiger partial charge on any atom is 0.338 e. The van der Waals surface area contributed by atoms with Crippen LogP contribution < -0.4 is 0 Å². The van der Waals surface area contributed by atoms with Crippen LogP contribution in [0.3, 0.4) is 0 Å². The first-order chi connectivity index (χ1) is 8.65. The van der Waals surface area contributed by atoms with Gasteiger partial charge in [-0.3, -0.25) is 4.90 Å². The zero-order chi connectivity index (χ0) is 13.0. The average Bonchev–Trinajstić information content (AvgIpc) is 2.82. The normalized spacial score (nSPS) is 17.7. The van der Waals surface area contributed by atoms with Crippen LogP contribution in [-0.4, -0.2) is 36.6 Å². The van der Waals surface area contributed by atoms with E-state index < -0.39 is 0 Å². The lowest BCUT2D eigenvalue weighted by Gasteiger charge is -2.20. The second-order valence-electron chi connectivity index (χ2n) is 4.73. The van der Waals surface area contributed by atoms with Gasteiger partial charge in [0.1, 0.15) is 6.10 Å². The van der Waals surface area contributed by atoms with Gasteiger partial charge in [0, 0.05) is 11.6 Å². The van der Waals surface area contributed by atoms with Crippen molar-refractivity contribution in [3.05, 3.63) is 34.9 Å². The van der Waals surface area contributed by atoms with Gasteiger partial charge in [-0.25, -0.2) is 4.79 Å². The van der Waals surface area contributed by atoms with Crippen molar-refractivity contribution in [1.82, 2.24) is 4.90 Å². The highest BCUT2D eigenvalue weighted by molar-refractivity contribution is 6.30. The summed E-state index contributed by atoms with van der Waals surface area (Å²) in [5.41, 5.74) is 0.549. The van der Waals surface area contributed by atoms with Crippen molar-refractivity contribution < 1.29 is 9.53 Å². The Morgan fingerprint density at radius 2 is 1.94 bits per heavy atom. The van der Waals surface area contributed by atoms with Crippen molar-refractivity contribution in [1.29, 1.82) is 0 Å². The van der Waals surface area contributed by atoms with E-state index >= 15 is 0 Å². The van der Waals surface area contributed by atoms with Crippen LogP contribution in [0.25, 0.3) is 0 Å². The standard InChI is InChI=1S/C14H18ClNO2/c1-11(10-16-8-2-3-9-16)18-14(17)12-4-6-13(15)7-5-12/h4-7,11H,2-3,8-10H2,1H3/t11-/m1/s1. The number of hydrogen-bond acceptors (Lipinski definition) is 3. The van der Waals surface area contributed by atoms with Crippen LogP contribution in [0.5, 0.6) is 0 Å². The van der Waals surface area contributed by atoms with Crippen LogP contribution in [-0.2, 0) is 4.74 Å². The third kappa shape index (κ3) is 3.72. The molecule has 1 aromatic rings. The Kier molecular flexibility index (Phi) is 4.61. The van der Waals surface area contributed by atoms with Crippen LogP contribution in [0.2, 0.25) is 5.02 Å². The highest BCUT2D eigenvalue weighted by atomic mass is 35.5. The van der Waals surface area contributed by atoms with E-state index in [1.165, 1.54) is 12.8 Å². The number of carbonyl (C=O) groups excluding carboxylic acids is 1. The Balaban J connectivity index is 1.84. The lowest BCUT2D eigenvalue weighted by atomic mass is 10.2. The number of halogens is 1. The third-order valence-corrected chi connectivity index (χ3v) is 3.35. The minimum Gasteiger partial charge on any atom is -0.458 e. The molecule has 0 aromatic heterocycles. The molecule has 1 atom stereocenters. The van der Waals surface area contributed by atoms with E-state index in [1.807, 2.05) is 6.92 Å². The number of ether oxygens (including phenoxy) is 1. The van der Waals surface area contributed by atoms with Gasteiger partial charge >= 0.3 is 5.97 Å². The summed E-state index contributed by atoms with van der Waals surface area (Å²) in [6, 6.07) is 6.77. The van der Waals surface area contributed by atoms with Gasteiger partial charge < -0.3 is 4.74 Å². The first-order valence-electron chi connectivity index (χ1n) is 6.34. The molecule has 1 heterocycles. The molecule has 2 rings (SSSR count). The SMILES string of the molecule is C[C@H](CN1CCCC1)OC(=O)c1ccc(Cl)cc1. The highest BCUT2D eigenvalue weighted by Crippen LogP contribution is 2.13. The number of esters is 1. The molecule has 0 N–H and O–H groups in total. The molecule has 1 aliphatic rings. The molecule has 0 amide bonds. The van der Waals surface area contributed by atoms with E-state index in [-0.39, 0.29) is 12.1 Å². The summed E-state index contributed by atoms with van der Waals surface area (Å²) in [5, 5.41) is 0.622. The molecule has 1 saturated heterocycles. The summed E-state index contributed by atoms with van der Waals surface area (Å²) in [6.45, 7) is 4.98. The predicted octanol–water partition coefficient (Wildman–Crippen LogP) is 2.98. The molecular weight excluding hydrogens is 250 g/mol. The molecule has 18 heavy (non-hydrogen) atoms. The van der Waals surface area contributed by atoms with Crippen molar-refractivity contribution in [3.8, 4) is 0 Å². The van der Waals surface area contributed by atoms with Crippen LogP contribution in [0.15, 0.2) is 24.3 Å². The third-order valence-electron chi connectivity index (χ3n) is 3.10. The minimum atomic E-state index is -0.279. The van der Waals surface area contributed by atoms with Gasteiger partial charge in [0.05, 0.1) is 5.56 Å². The summed E-state index contributed by atoms with van der Waals surface area (Å²) in [6.07, 6.45) is 2.42. The van der Waals surface area contributed by atoms with Crippen LogP contribution >= 0.6 is 11.6 Å². The highest BCUT2D eigenvalue weighted by Gasteiger charge is 2.17. The number of nitrogens with zero attached hydrogens (tertiary/aromatic N) is 1. The summed E-state index contributed by atoms with van der Waals surface area (Å²) in [7, 11) is 0. The van der Waals surface area contributed by atoms with Gasteiger partial charge in [-0.1, -0.05) is 11.6 Å². The topological polar surface area (TPSA) is 29.5 Å². The molecule has 0 bridgehead atoms. The van der Waals surface area contributed by atoms with Crippen LogP contribution in [0, 0.1) is 0 Å². The smallest absolute Gasteiger partial charge is 0.338 e. The van der Waals surface area contributed by atoms with E-state index in [0.29, 0.717) is 10.6 Å². The summed E-state index contributed by atoms with van der Waals surface area (Å²) < 4.78 is 5.41. The van der Waals surface area contributed by atoms with Crippen LogP contribution in [0.4, 0.5) is 0 Å². The molecule has 4 heteroatoms. The van der Waals surface area contributed by atoms with Gasteiger partial charge in [-0.15, -0.1) is 0 Å². The number of benzene rings is 1. The molecule has 98 valence electrons. The fourth-order valence-corrected chi connectivity index (χ4v) is 2.33. The Morgan fingerprint density at radius 1 is 1.33 bits per heavy atom. The molecule has 1 aromatic carbocycles. The fourth-order valence-electron chi connectivity index (χ4n) is 2.20. The van der Waals surface area contributed by atoms with Crippen molar-refractivity contribution >= 4 is 17.6 Å². The Labute approximate surface area is 113 Å². The van der Waals surface area contributed by atoms with Crippen LogP contribution in [0.1, 0.15) is 30.1 Å². The maximum atomic E-state index is 11.9. The van der Waals surface area contributed by atoms with Crippen molar-refractivity contribution in [2.75, 3.05) is 19.6 Å². The molecule has 3 nitrogen and oxygen atoms in total. The maximum absolute atomic E-state index is 11.9. The zero-order valence-electron chi connectivity index (χ0n) is 10.6. The number of carbonyl (C=O) groups is 1. The molecule has 0 radical (unpaired) electrons. The summed E-state index contributed by atoms with van der Waals surface area (Å²) in [5.74, 6) is -0.279. The van der Waals surface area contributed by atoms with E-state index in [4.69, 9.17) is 16.3 Å². The van der Waals surface area contributed by atoms with Gasteiger partial charge in [0.25, 0.3) is 0 Å². The largest absolute Gasteiger partial charge is 0.458 e. The second kappa shape index (κ2) is 6.21. The van der Waals surface area contributed by atoms with Gasteiger partial charge in [0.2, 0.25) is 0 Å². The first kappa shape index (κ1) is 13.4. The first-order valence-corrected chi connectivity index (χ1v) is 6.72. The lowest BCUT2D eigenvalue weighted by molar-refractivity contribution is 0.0271. The number of rotatable bonds is 4. The van der Waals surface area contributed by atoms with E-state index in [1.54, 1.807) is 24.3 Å². The second-order valence-corrected chi connectivity index (χ2v) is 5.17. The van der Waals surface area contributed by atoms with E-state index in [2.05, 4.69) is 4.90 Å². The van der Waals surface area contributed by atoms with Gasteiger partial charge in [-0.05, 0) is 57.1 Å². The van der Waals surface area contributed by atoms with E-state index in [0.717, 1.165) is 19.6 Å². The van der Waals surface area contributed by atoms with Crippen molar-refractivity contribution in [2.45, 2.75) is 25.9 Å². The lowest BCUT2D eigenvalue weighted by Crippen LogP contribution is -2.31. The molecule has 1 fully saturated rings. The molecule has 0 spiro atoms. The predicted molar refractivity (Wildman–Crippen MR) is 72.0 cm³/mol. The monoisotopic (exact) mass is 267 g/mol. The Hall–Kier alpha value is -1.06. The quantitative estimate of drug-likeness (QED) is 0.786. The van der Waals surface area contributed by atoms with E-state index in [9.17, 15) is 4.79 Å². The molecule has 0 unspecified atom stereocenters. The van der Waals surface area contributed by atoms with Gasteiger partial charge in [0.15, 0.2) is 0 Å². The molecule has 1 aliphatic heterocycles. The Morgan fingerprint density at radius 3 is 2.56 bits per heavy atom. The Bertz CT molecular complexity index is 399. The fraction of sp³-hybridized carbons (Fsp3) is 0.500. The summed E-state index contributed by atoms with van der Waals surface area (Å²) >= 11 is 5.78. The van der Waals surface area contributed by atoms with Crippen molar-refractivity contribution in [2.24, 2.45) is 0 Å². The molecule has 0 saturated carbocycles. The average molecular weight is 268 g/mol. The summed E-state index contributed by atoms with van der Waals surface area (Å²) in [4.78, 5) is 14.2. The minimum absolute atomic E-state index is 0.0775. The molecule has 0 aliphatic carbocycles. The number of hydrogen-bond donors (Lipinski definition) is 0. The molecular formula is C14H18ClNO2. The number of likely N-dealkylation sites (tertiary alicyclic amines) is 1. The van der Waals surface area contributed by atoms with Crippen molar-refractivity contribution in [3.63, 3.8) is 0 Å². The zero-order valence-corrected chi connectivity index (χ0v) is 11.3.